The third-order valence-electron chi connectivity index (χ3n) is 10.9. The molecule has 0 radical (unpaired) electrons. The topological polar surface area (TPSA) is 130 Å². The van der Waals surface area contributed by atoms with Crippen molar-refractivity contribution in [2.45, 2.75) is 231 Å². The van der Waals surface area contributed by atoms with E-state index in [0.717, 1.165) is 57.8 Å². The van der Waals surface area contributed by atoms with E-state index < -0.39 is 18.3 Å². The zero-order chi connectivity index (χ0) is 38.8. The van der Waals surface area contributed by atoms with Crippen molar-refractivity contribution in [1.82, 2.24) is 0 Å². The molecule has 0 aromatic carbocycles. The number of rotatable bonds is 37. The molecule has 1 aliphatic carbocycles. The Kier molecular flexibility index (Phi) is 32.2. The zero-order valence-corrected chi connectivity index (χ0v) is 34.3. The van der Waals surface area contributed by atoms with Crippen molar-refractivity contribution in [2.24, 2.45) is 11.8 Å². The Balaban J connectivity index is 1.95. The standard InChI is InChI=1S/C45H82O8/c1-3-5-7-8-9-10-11-12-13-14-15-16-17-18-19-20-21-22-27-31-44(50)52-36-39(47)37-53-45(51)32-28-24-23-26-30-40-41(43(49)35-42(40)48)34-33-38(46)29-25-6-4-2/h33-34,38-41,43,46-47,49H,3-32,35-37H2,1-2H3/b34-33+/t38-,39+,40+,41+,43+/m0/s1. The highest BCUT2D eigenvalue weighted by Crippen LogP contribution is 2.34. The highest BCUT2D eigenvalue weighted by atomic mass is 16.6. The second kappa shape index (κ2) is 34.7. The molecule has 310 valence electrons. The summed E-state index contributed by atoms with van der Waals surface area (Å²) in [6, 6.07) is 0. The van der Waals surface area contributed by atoms with Gasteiger partial charge in [-0.3, -0.25) is 14.4 Å². The van der Waals surface area contributed by atoms with E-state index in [9.17, 15) is 29.7 Å². The lowest BCUT2D eigenvalue weighted by Crippen LogP contribution is -2.25. The monoisotopic (exact) mass is 751 g/mol. The van der Waals surface area contributed by atoms with Crippen molar-refractivity contribution in [2.75, 3.05) is 13.2 Å². The van der Waals surface area contributed by atoms with Gasteiger partial charge in [-0.05, 0) is 25.7 Å². The first-order valence-electron chi connectivity index (χ1n) is 22.3. The molecule has 1 saturated carbocycles. The Hall–Kier alpha value is -1.77. The maximum absolute atomic E-state index is 12.5. The quantitative estimate of drug-likeness (QED) is 0.0325. The van der Waals surface area contributed by atoms with Crippen molar-refractivity contribution in [3.63, 3.8) is 0 Å². The van der Waals surface area contributed by atoms with Gasteiger partial charge < -0.3 is 24.8 Å². The van der Waals surface area contributed by atoms with Crippen LogP contribution < -0.4 is 0 Å². The predicted octanol–water partition coefficient (Wildman–Crippen LogP) is 10.7. The first-order chi connectivity index (χ1) is 25.8. The van der Waals surface area contributed by atoms with Crippen molar-refractivity contribution >= 4 is 17.7 Å². The number of esters is 2. The van der Waals surface area contributed by atoms with Crippen LogP contribution in [-0.2, 0) is 23.9 Å². The van der Waals surface area contributed by atoms with E-state index in [-0.39, 0.29) is 55.6 Å². The van der Waals surface area contributed by atoms with Crippen molar-refractivity contribution in [3.05, 3.63) is 12.2 Å². The van der Waals surface area contributed by atoms with Gasteiger partial charge in [0.2, 0.25) is 0 Å². The van der Waals surface area contributed by atoms with Gasteiger partial charge in [0, 0.05) is 31.1 Å². The fourth-order valence-corrected chi connectivity index (χ4v) is 7.45. The molecule has 0 aromatic rings. The van der Waals surface area contributed by atoms with Gasteiger partial charge in [-0.1, -0.05) is 180 Å². The molecule has 53 heavy (non-hydrogen) atoms. The van der Waals surface area contributed by atoms with Gasteiger partial charge in [0.15, 0.2) is 0 Å². The van der Waals surface area contributed by atoms with Crippen LogP contribution in [-0.4, -0.2) is 64.6 Å². The smallest absolute Gasteiger partial charge is 0.305 e. The van der Waals surface area contributed by atoms with Gasteiger partial charge in [-0.2, -0.15) is 0 Å². The minimum atomic E-state index is -1.04. The highest BCUT2D eigenvalue weighted by Gasteiger charge is 2.39. The summed E-state index contributed by atoms with van der Waals surface area (Å²) in [7, 11) is 0. The fourth-order valence-electron chi connectivity index (χ4n) is 7.45. The third-order valence-corrected chi connectivity index (χ3v) is 10.9. The number of aliphatic hydroxyl groups is 3. The van der Waals surface area contributed by atoms with Crippen LogP contribution in [0.2, 0.25) is 0 Å². The number of aliphatic hydroxyl groups excluding tert-OH is 3. The number of hydrogen-bond donors (Lipinski definition) is 3. The summed E-state index contributed by atoms with van der Waals surface area (Å²) in [5.41, 5.74) is 0. The maximum Gasteiger partial charge on any atom is 0.305 e. The van der Waals surface area contributed by atoms with Crippen LogP contribution in [0.1, 0.15) is 213 Å². The minimum absolute atomic E-state index is 0.0844. The van der Waals surface area contributed by atoms with Crippen LogP contribution in [0, 0.1) is 11.8 Å². The van der Waals surface area contributed by atoms with Crippen LogP contribution >= 0.6 is 0 Å². The lowest BCUT2D eigenvalue weighted by molar-refractivity contribution is -0.152. The molecule has 0 aliphatic heterocycles. The lowest BCUT2D eigenvalue weighted by atomic mass is 9.88. The van der Waals surface area contributed by atoms with Gasteiger partial charge in [0.25, 0.3) is 0 Å². The number of unbranched alkanes of at least 4 members (excludes halogenated alkanes) is 23. The average molecular weight is 751 g/mol. The van der Waals surface area contributed by atoms with Gasteiger partial charge >= 0.3 is 11.9 Å². The minimum Gasteiger partial charge on any atom is -0.463 e. The van der Waals surface area contributed by atoms with E-state index in [1.54, 1.807) is 6.08 Å². The first kappa shape index (κ1) is 49.2. The number of Topliss-reactive ketones (excluding diaryl/α,β-unsaturated/α-hetero) is 1. The third kappa shape index (κ3) is 28.3. The number of hydrogen-bond acceptors (Lipinski definition) is 8. The maximum atomic E-state index is 12.5. The molecule has 0 amide bonds. The highest BCUT2D eigenvalue weighted by molar-refractivity contribution is 5.84. The van der Waals surface area contributed by atoms with Crippen molar-refractivity contribution in [3.8, 4) is 0 Å². The number of ketones is 1. The first-order valence-corrected chi connectivity index (χ1v) is 22.3. The summed E-state index contributed by atoms with van der Waals surface area (Å²) < 4.78 is 10.3. The van der Waals surface area contributed by atoms with Gasteiger partial charge in [0.05, 0.1) is 12.2 Å². The van der Waals surface area contributed by atoms with E-state index >= 15 is 0 Å². The normalized spacial score (nSPS) is 18.5. The molecule has 1 rings (SSSR count). The molecule has 0 saturated heterocycles. The second-order valence-corrected chi connectivity index (χ2v) is 16.0. The summed E-state index contributed by atoms with van der Waals surface area (Å²) in [5.74, 6) is -1.10. The van der Waals surface area contributed by atoms with Crippen LogP contribution in [0.15, 0.2) is 12.2 Å². The van der Waals surface area contributed by atoms with Crippen molar-refractivity contribution in [1.29, 1.82) is 0 Å². The Morgan fingerprint density at radius 2 is 1.02 bits per heavy atom. The Labute approximate surface area is 324 Å². The van der Waals surface area contributed by atoms with Gasteiger partial charge in [-0.15, -0.1) is 0 Å². The number of carbonyl (C=O) groups excluding carboxylic acids is 3. The van der Waals surface area contributed by atoms with Crippen LogP contribution in [0.5, 0.6) is 0 Å². The van der Waals surface area contributed by atoms with Gasteiger partial charge in [0.1, 0.15) is 25.1 Å². The summed E-state index contributed by atoms with van der Waals surface area (Å²) >= 11 is 0. The number of ether oxygens (including phenoxy) is 2. The molecule has 1 fully saturated rings. The zero-order valence-electron chi connectivity index (χ0n) is 34.3. The average Bonchev–Trinajstić information content (AvgIpc) is 3.41. The van der Waals surface area contributed by atoms with Crippen LogP contribution in [0.3, 0.4) is 0 Å². The molecule has 0 bridgehead atoms. The van der Waals surface area contributed by atoms with E-state index in [0.29, 0.717) is 25.7 Å². The molecule has 0 aromatic heterocycles. The summed E-state index contributed by atoms with van der Waals surface area (Å²) in [5, 5.41) is 30.7. The van der Waals surface area contributed by atoms with Crippen molar-refractivity contribution < 1.29 is 39.2 Å². The molecular weight excluding hydrogens is 668 g/mol. The van der Waals surface area contributed by atoms with Crippen LogP contribution in [0.4, 0.5) is 0 Å². The summed E-state index contributed by atoms with van der Waals surface area (Å²) in [6.07, 6.45) is 34.6. The van der Waals surface area contributed by atoms with Crippen LogP contribution in [0.25, 0.3) is 0 Å². The molecule has 0 heterocycles. The molecule has 8 nitrogen and oxygen atoms in total. The molecule has 3 N–H and O–H groups in total. The predicted molar refractivity (Wildman–Crippen MR) is 216 cm³/mol. The van der Waals surface area contributed by atoms with E-state index in [1.807, 2.05) is 6.08 Å². The van der Waals surface area contributed by atoms with E-state index in [4.69, 9.17) is 9.47 Å². The molecule has 0 spiro atoms. The van der Waals surface area contributed by atoms with Gasteiger partial charge in [-0.25, -0.2) is 0 Å². The molecule has 8 heteroatoms. The second-order valence-electron chi connectivity index (χ2n) is 16.0. The lowest BCUT2D eigenvalue weighted by Gasteiger charge is -2.18. The summed E-state index contributed by atoms with van der Waals surface area (Å²) in [4.78, 5) is 36.6. The molecule has 1 aliphatic rings. The molecule has 5 atom stereocenters. The fraction of sp³-hybridized carbons (Fsp3) is 0.889. The molecule has 0 unspecified atom stereocenters. The van der Waals surface area contributed by atoms with E-state index in [1.165, 1.54) is 103 Å². The summed E-state index contributed by atoms with van der Waals surface area (Å²) in [6.45, 7) is 4.03. The Bertz CT molecular complexity index is 920. The Morgan fingerprint density at radius 1 is 0.623 bits per heavy atom. The number of carbonyl (C=O) groups is 3. The van der Waals surface area contributed by atoms with E-state index in [2.05, 4.69) is 13.8 Å². The SMILES string of the molecule is CCCCCCCCCCCCCCCCCCCCCC(=O)OC[C@@H](O)COC(=O)CCCCCC[C@H]1C(=O)C[C@@H](O)[C@@H]1/C=C/[C@@H](O)CCCCC. The largest absolute Gasteiger partial charge is 0.463 e. The molecular formula is C45H82O8. The Morgan fingerprint density at radius 3 is 1.47 bits per heavy atom.